The van der Waals surface area contributed by atoms with E-state index in [0.717, 1.165) is 12.8 Å². The molecule has 8 nitrogen and oxygen atoms in total. The van der Waals surface area contributed by atoms with E-state index in [2.05, 4.69) is 15.6 Å². The average molecular weight is 455 g/mol. The van der Waals surface area contributed by atoms with E-state index in [1.807, 2.05) is 6.92 Å². The van der Waals surface area contributed by atoms with Gasteiger partial charge in [0.1, 0.15) is 6.54 Å². The first-order chi connectivity index (χ1) is 10.8. The van der Waals surface area contributed by atoms with Crippen LogP contribution in [0, 0.1) is 0 Å². The summed E-state index contributed by atoms with van der Waals surface area (Å²) in [6.07, 6.45) is 1.92. The Morgan fingerprint density at radius 2 is 1.79 bits per heavy atom. The van der Waals surface area contributed by atoms with E-state index in [-0.39, 0.29) is 61.0 Å². The Balaban J connectivity index is 0.00000529. The summed E-state index contributed by atoms with van der Waals surface area (Å²) in [6, 6.07) is 0.217. The molecule has 0 aromatic heterocycles. The van der Waals surface area contributed by atoms with Gasteiger partial charge in [-0.2, -0.15) is 0 Å². The van der Waals surface area contributed by atoms with Gasteiger partial charge in [-0.25, -0.2) is 4.99 Å². The van der Waals surface area contributed by atoms with E-state index in [9.17, 15) is 9.59 Å². The third-order valence-corrected chi connectivity index (χ3v) is 3.60. The quantitative estimate of drug-likeness (QED) is 0.343. The number of rotatable bonds is 5. The number of nitrogens with one attached hydrogen (secondary N) is 2. The summed E-state index contributed by atoms with van der Waals surface area (Å²) in [5, 5.41) is 6.29. The third-order valence-electron chi connectivity index (χ3n) is 3.60. The molecule has 9 heteroatoms. The molecular formula is C15H30IN5O3. The summed E-state index contributed by atoms with van der Waals surface area (Å²) in [5.74, 6) is 0.332. The third kappa shape index (κ3) is 8.67. The van der Waals surface area contributed by atoms with Gasteiger partial charge >= 0.3 is 0 Å². The van der Waals surface area contributed by atoms with Crippen molar-refractivity contribution >= 4 is 41.8 Å². The average Bonchev–Trinajstić information content (AvgIpc) is 2.48. The van der Waals surface area contributed by atoms with E-state index in [0.29, 0.717) is 12.6 Å². The highest BCUT2D eigenvalue weighted by Gasteiger charge is 2.20. The zero-order chi connectivity index (χ0) is 17.4. The number of halogens is 1. The highest BCUT2D eigenvalue weighted by Crippen LogP contribution is 2.12. The molecule has 1 aliphatic rings. The molecule has 2 amide bonds. The van der Waals surface area contributed by atoms with Crippen LogP contribution in [0.5, 0.6) is 0 Å². The molecule has 24 heavy (non-hydrogen) atoms. The summed E-state index contributed by atoms with van der Waals surface area (Å²) >= 11 is 0. The van der Waals surface area contributed by atoms with E-state index in [4.69, 9.17) is 4.74 Å². The van der Waals surface area contributed by atoms with E-state index >= 15 is 0 Å². The lowest BCUT2D eigenvalue weighted by Gasteiger charge is -2.29. The van der Waals surface area contributed by atoms with Crippen molar-refractivity contribution in [1.82, 2.24) is 20.4 Å². The molecule has 2 N–H and O–H groups in total. The molecule has 140 valence electrons. The first-order valence-electron chi connectivity index (χ1n) is 7.86. The molecule has 0 aromatic carbocycles. The van der Waals surface area contributed by atoms with Crippen LogP contribution >= 0.6 is 24.0 Å². The number of guanidine groups is 1. The van der Waals surface area contributed by atoms with Crippen molar-refractivity contribution in [3.63, 3.8) is 0 Å². The summed E-state index contributed by atoms with van der Waals surface area (Å²) < 4.78 is 5.53. The van der Waals surface area contributed by atoms with Crippen LogP contribution in [-0.2, 0) is 14.3 Å². The monoisotopic (exact) mass is 455 g/mol. The number of nitrogens with zero attached hydrogens (tertiary/aromatic N) is 3. The molecule has 0 saturated carbocycles. The number of hydrogen-bond acceptors (Lipinski definition) is 4. The van der Waals surface area contributed by atoms with Crippen LogP contribution in [-0.4, -0.2) is 87.6 Å². The number of ether oxygens (including phenoxy) is 1. The molecule has 0 radical (unpaired) electrons. The standard InChI is InChI=1S/C15H29N5O3.HI/c1-11-8-12(6-7-23-11)18-15(16-9-13(21)19(2)3)17-10-14(22)20(4)5;/h11-12H,6-10H2,1-5H3,(H2,16,17,18);1H. The summed E-state index contributed by atoms with van der Waals surface area (Å²) in [5.41, 5.74) is 0. The number of carbonyl (C=O) groups excluding carboxylic acids is 2. The normalized spacial score (nSPS) is 20.6. The second-order valence-corrected chi connectivity index (χ2v) is 6.14. The fourth-order valence-corrected chi connectivity index (χ4v) is 2.08. The zero-order valence-corrected chi connectivity index (χ0v) is 17.5. The molecule has 0 aromatic rings. The Hall–Kier alpha value is -1.10. The molecule has 1 rings (SSSR count). The number of likely N-dealkylation sites (N-methyl/N-ethyl adjacent to an activating group) is 2. The fourth-order valence-electron chi connectivity index (χ4n) is 2.08. The molecular weight excluding hydrogens is 425 g/mol. The van der Waals surface area contributed by atoms with Crippen LogP contribution in [0.2, 0.25) is 0 Å². The maximum absolute atomic E-state index is 11.7. The van der Waals surface area contributed by atoms with Crippen molar-refractivity contribution in [1.29, 1.82) is 0 Å². The van der Waals surface area contributed by atoms with Gasteiger partial charge in [-0.1, -0.05) is 0 Å². The predicted octanol–water partition coefficient (Wildman–Crippen LogP) is -0.116. The first-order valence-corrected chi connectivity index (χ1v) is 7.86. The maximum atomic E-state index is 11.7. The Labute approximate surface area is 161 Å². The van der Waals surface area contributed by atoms with Crippen LogP contribution in [0.25, 0.3) is 0 Å². The smallest absolute Gasteiger partial charge is 0.243 e. The number of aliphatic imine (C=N–C) groups is 1. The largest absolute Gasteiger partial charge is 0.378 e. The van der Waals surface area contributed by atoms with Gasteiger partial charge in [-0.15, -0.1) is 24.0 Å². The van der Waals surface area contributed by atoms with Crippen LogP contribution in [0.3, 0.4) is 0 Å². The van der Waals surface area contributed by atoms with Crippen LogP contribution in [0.4, 0.5) is 0 Å². The highest BCUT2D eigenvalue weighted by molar-refractivity contribution is 14.0. The number of amides is 2. The Kier molecular flexibility index (Phi) is 10.9. The number of hydrogen-bond donors (Lipinski definition) is 2. The minimum Gasteiger partial charge on any atom is -0.378 e. The van der Waals surface area contributed by atoms with Gasteiger partial charge in [0.15, 0.2) is 5.96 Å². The van der Waals surface area contributed by atoms with Crippen LogP contribution in [0.1, 0.15) is 19.8 Å². The van der Waals surface area contributed by atoms with Crippen LogP contribution < -0.4 is 10.6 Å². The predicted molar refractivity (Wildman–Crippen MR) is 105 cm³/mol. The molecule has 2 unspecified atom stereocenters. The van der Waals surface area contributed by atoms with Gasteiger partial charge in [0.05, 0.1) is 12.6 Å². The fraction of sp³-hybridized carbons (Fsp3) is 0.800. The Morgan fingerprint density at radius 1 is 1.17 bits per heavy atom. The summed E-state index contributed by atoms with van der Waals surface area (Å²) in [4.78, 5) is 30.7. The van der Waals surface area contributed by atoms with Gasteiger partial charge in [-0.05, 0) is 19.8 Å². The van der Waals surface area contributed by atoms with Crippen molar-refractivity contribution in [3.8, 4) is 0 Å². The molecule has 1 fully saturated rings. The molecule has 0 bridgehead atoms. The summed E-state index contributed by atoms with van der Waals surface area (Å²) in [7, 11) is 6.77. The van der Waals surface area contributed by atoms with Gasteiger partial charge in [-0.3, -0.25) is 9.59 Å². The minimum absolute atomic E-state index is 0. The Morgan fingerprint density at radius 3 is 2.33 bits per heavy atom. The first kappa shape index (κ1) is 22.9. The second-order valence-electron chi connectivity index (χ2n) is 6.14. The van der Waals surface area contributed by atoms with Gasteiger partial charge < -0.3 is 25.2 Å². The minimum atomic E-state index is -0.0922. The second kappa shape index (κ2) is 11.5. The molecule has 1 saturated heterocycles. The van der Waals surface area contributed by atoms with Crippen molar-refractivity contribution < 1.29 is 14.3 Å². The molecule has 2 atom stereocenters. The summed E-state index contributed by atoms with van der Waals surface area (Å²) in [6.45, 7) is 2.90. The van der Waals surface area contributed by atoms with Gasteiger partial charge in [0.2, 0.25) is 11.8 Å². The van der Waals surface area contributed by atoms with Gasteiger partial charge in [0, 0.05) is 40.8 Å². The lowest BCUT2D eigenvalue weighted by molar-refractivity contribution is -0.127. The molecule has 1 aliphatic heterocycles. The van der Waals surface area contributed by atoms with E-state index in [1.165, 1.54) is 9.80 Å². The molecule has 0 spiro atoms. The lowest BCUT2D eigenvalue weighted by atomic mass is 10.0. The highest BCUT2D eigenvalue weighted by atomic mass is 127. The molecule has 0 aliphatic carbocycles. The number of carbonyl (C=O) groups is 2. The van der Waals surface area contributed by atoms with E-state index < -0.39 is 0 Å². The van der Waals surface area contributed by atoms with Crippen LogP contribution in [0.15, 0.2) is 4.99 Å². The van der Waals surface area contributed by atoms with E-state index in [1.54, 1.807) is 28.2 Å². The van der Waals surface area contributed by atoms with Crippen molar-refractivity contribution in [2.45, 2.75) is 31.9 Å². The SMILES string of the molecule is CC1CC(NC(=NCC(=O)N(C)C)NCC(=O)N(C)C)CCO1.I. The van der Waals surface area contributed by atoms with Crippen molar-refractivity contribution in [2.24, 2.45) is 4.99 Å². The topological polar surface area (TPSA) is 86.3 Å². The Bertz CT molecular complexity index is 443. The lowest BCUT2D eigenvalue weighted by Crippen LogP contribution is -2.49. The maximum Gasteiger partial charge on any atom is 0.243 e. The van der Waals surface area contributed by atoms with Crippen molar-refractivity contribution in [3.05, 3.63) is 0 Å². The molecule has 1 heterocycles. The van der Waals surface area contributed by atoms with Gasteiger partial charge in [0.25, 0.3) is 0 Å². The zero-order valence-electron chi connectivity index (χ0n) is 15.2. The van der Waals surface area contributed by atoms with Crippen molar-refractivity contribution in [2.75, 3.05) is 47.9 Å².